The van der Waals surface area contributed by atoms with Crippen molar-refractivity contribution in [3.05, 3.63) is 12.2 Å². The van der Waals surface area contributed by atoms with Gasteiger partial charge in [-0.1, -0.05) is 70.4 Å². The summed E-state index contributed by atoms with van der Waals surface area (Å²) in [7, 11) is -4.50. The number of phosphoric ester groups is 1. The molecule has 0 aromatic rings. The lowest BCUT2D eigenvalue weighted by Crippen LogP contribution is -2.34. The molecule has 0 aliphatic rings. The van der Waals surface area contributed by atoms with Crippen molar-refractivity contribution in [1.82, 2.24) is 0 Å². The van der Waals surface area contributed by atoms with Crippen LogP contribution in [0.3, 0.4) is 0 Å². The maximum absolute atomic E-state index is 11.8. The van der Waals surface area contributed by atoms with E-state index in [1.54, 1.807) is 0 Å². The lowest BCUT2D eigenvalue weighted by atomic mass is 10.1. The van der Waals surface area contributed by atoms with Gasteiger partial charge in [0, 0.05) is 6.42 Å². The lowest BCUT2D eigenvalue weighted by molar-refractivity contribution is -0.146. The Hall–Kier alpha value is -1.25. The second kappa shape index (κ2) is 21.1. The summed E-state index contributed by atoms with van der Waals surface area (Å²) in [4.78, 5) is 31.9. The van der Waals surface area contributed by atoms with Gasteiger partial charge in [0.2, 0.25) is 0 Å². The fourth-order valence-corrected chi connectivity index (χ4v) is 4.08. The zero-order chi connectivity index (χ0) is 25.7. The first-order valence-corrected chi connectivity index (χ1v) is 14.1. The first-order valence-electron chi connectivity index (χ1n) is 12.6. The molecule has 0 aliphatic heterocycles. The van der Waals surface area contributed by atoms with Crippen LogP contribution in [0.1, 0.15) is 104 Å². The molecule has 0 aromatic heterocycles. The number of carboxylic acids is 1. The summed E-state index contributed by atoms with van der Waals surface area (Å²) in [6, 6.07) is -1.44. The van der Waals surface area contributed by atoms with Crippen molar-refractivity contribution >= 4 is 19.8 Å². The number of phosphoric acid groups is 1. The summed E-state index contributed by atoms with van der Waals surface area (Å²) < 4.78 is 26.1. The number of unbranched alkanes of at least 4 members (excludes halogenated alkanes) is 11. The van der Waals surface area contributed by atoms with E-state index in [0.29, 0.717) is 0 Å². The molecule has 0 saturated heterocycles. The van der Waals surface area contributed by atoms with Gasteiger partial charge < -0.3 is 20.5 Å². The molecule has 10 heteroatoms. The molecular weight excluding hydrogens is 461 g/mol. The monoisotopic (exact) mass is 507 g/mol. The van der Waals surface area contributed by atoms with Crippen molar-refractivity contribution in [3.63, 3.8) is 0 Å². The van der Waals surface area contributed by atoms with Crippen molar-refractivity contribution < 1.29 is 37.9 Å². The number of ether oxygens (including phenoxy) is 1. The molecule has 0 bridgehead atoms. The summed E-state index contributed by atoms with van der Waals surface area (Å²) in [5.74, 6) is -1.76. The van der Waals surface area contributed by atoms with Crippen LogP contribution in [-0.4, -0.2) is 47.3 Å². The van der Waals surface area contributed by atoms with E-state index in [0.717, 1.165) is 38.5 Å². The van der Waals surface area contributed by atoms with E-state index in [-0.39, 0.29) is 13.0 Å². The van der Waals surface area contributed by atoms with Gasteiger partial charge in [-0.15, -0.1) is 0 Å². The van der Waals surface area contributed by atoms with Crippen molar-refractivity contribution in [2.24, 2.45) is 5.73 Å². The number of carbonyl (C=O) groups excluding carboxylic acids is 1. The number of hydrogen-bond donors (Lipinski definition) is 3. The quantitative estimate of drug-likeness (QED) is 0.0706. The van der Waals surface area contributed by atoms with Crippen molar-refractivity contribution in [2.75, 3.05) is 13.2 Å². The molecule has 0 radical (unpaired) electrons. The smallest absolute Gasteiger partial charge is 0.472 e. The highest BCUT2D eigenvalue weighted by atomic mass is 31.2. The number of esters is 1. The number of carbonyl (C=O) groups is 2. The molecule has 9 nitrogen and oxygen atoms in total. The van der Waals surface area contributed by atoms with Crippen LogP contribution in [0.2, 0.25) is 0 Å². The molecule has 3 atom stereocenters. The Kier molecular flexibility index (Phi) is 20.3. The topological polar surface area (TPSA) is 145 Å². The van der Waals surface area contributed by atoms with Crippen molar-refractivity contribution in [3.8, 4) is 0 Å². The van der Waals surface area contributed by atoms with Crippen LogP contribution in [0.15, 0.2) is 12.2 Å². The SMILES string of the molecule is CCCCCCCC/C=C\CCCCCCCC(=O)OCC(C)OP(=O)(O)OC[C@H](N)C(=O)O. The van der Waals surface area contributed by atoms with E-state index in [9.17, 15) is 19.0 Å². The third kappa shape index (κ3) is 21.3. The van der Waals surface area contributed by atoms with Crippen LogP contribution in [0.25, 0.3) is 0 Å². The average molecular weight is 508 g/mol. The maximum Gasteiger partial charge on any atom is 0.472 e. The fourth-order valence-electron chi connectivity index (χ4n) is 3.16. The zero-order valence-electron chi connectivity index (χ0n) is 21.0. The number of hydrogen-bond acceptors (Lipinski definition) is 7. The van der Waals surface area contributed by atoms with Crippen molar-refractivity contribution in [2.45, 2.75) is 116 Å². The predicted molar refractivity (Wildman–Crippen MR) is 132 cm³/mol. The molecule has 2 unspecified atom stereocenters. The molecule has 0 heterocycles. The first-order chi connectivity index (χ1) is 16.2. The van der Waals surface area contributed by atoms with Gasteiger partial charge >= 0.3 is 19.8 Å². The Morgan fingerprint density at radius 3 is 2.00 bits per heavy atom. The highest BCUT2D eigenvalue weighted by molar-refractivity contribution is 7.47. The van der Waals surface area contributed by atoms with Gasteiger partial charge in [0.15, 0.2) is 0 Å². The van der Waals surface area contributed by atoms with E-state index in [1.807, 2.05) is 0 Å². The van der Waals surface area contributed by atoms with Crippen LogP contribution in [-0.2, 0) is 27.9 Å². The van der Waals surface area contributed by atoms with E-state index < -0.39 is 38.5 Å². The van der Waals surface area contributed by atoms with Gasteiger partial charge in [-0.2, -0.15) is 0 Å². The predicted octanol–water partition coefficient (Wildman–Crippen LogP) is 5.50. The fraction of sp³-hybridized carbons (Fsp3) is 0.833. The number of nitrogens with two attached hydrogens (primary N) is 1. The Bertz CT molecular complexity index is 614. The molecule has 0 aliphatic carbocycles. The molecule has 200 valence electrons. The molecular formula is C24H46NO8P. The van der Waals surface area contributed by atoms with Crippen LogP contribution >= 0.6 is 7.82 Å². The van der Waals surface area contributed by atoms with Crippen molar-refractivity contribution in [1.29, 1.82) is 0 Å². The second-order valence-corrected chi connectivity index (χ2v) is 10.0. The normalized spacial score (nSPS) is 15.2. The molecule has 0 aromatic carbocycles. The largest absolute Gasteiger partial charge is 0.480 e. The number of allylic oxidation sites excluding steroid dienone is 2. The number of aliphatic carboxylic acids is 1. The lowest BCUT2D eigenvalue weighted by Gasteiger charge is -2.18. The summed E-state index contributed by atoms with van der Waals surface area (Å²) in [6.45, 7) is 2.80. The van der Waals surface area contributed by atoms with Crippen LogP contribution in [0.5, 0.6) is 0 Å². The molecule has 0 rings (SSSR count). The highest BCUT2D eigenvalue weighted by Gasteiger charge is 2.27. The molecule has 0 spiro atoms. The third-order valence-corrected chi connectivity index (χ3v) is 6.27. The van der Waals surface area contributed by atoms with Gasteiger partial charge in [-0.25, -0.2) is 4.57 Å². The maximum atomic E-state index is 11.8. The Morgan fingerprint density at radius 2 is 1.44 bits per heavy atom. The standard InChI is InChI=1S/C24H46NO8P/c1-3-4-5-6-7-8-9-10-11-12-13-14-15-16-17-18-23(26)31-19-21(2)33-34(29,30)32-20-22(25)24(27)28/h10-11,21-22H,3-9,12-20,25H2,1-2H3,(H,27,28)(H,29,30)/b11-10-/t21?,22-/m0/s1. The number of carboxylic acid groups (broad SMARTS) is 1. The molecule has 0 saturated carbocycles. The molecule has 0 amide bonds. The molecule has 34 heavy (non-hydrogen) atoms. The zero-order valence-corrected chi connectivity index (χ0v) is 21.9. The first kappa shape index (κ1) is 32.8. The van der Waals surface area contributed by atoms with E-state index >= 15 is 0 Å². The Morgan fingerprint density at radius 1 is 0.912 bits per heavy atom. The summed E-state index contributed by atoms with van der Waals surface area (Å²) in [6.07, 6.45) is 19.3. The van der Waals surface area contributed by atoms with Gasteiger partial charge in [0.1, 0.15) is 18.8 Å². The summed E-state index contributed by atoms with van der Waals surface area (Å²) in [5, 5.41) is 8.63. The summed E-state index contributed by atoms with van der Waals surface area (Å²) >= 11 is 0. The third-order valence-electron chi connectivity index (χ3n) is 5.17. The van der Waals surface area contributed by atoms with Gasteiger partial charge in [0.05, 0.1) is 6.61 Å². The highest BCUT2D eigenvalue weighted by Crippen LogP contribution is 2.44. The minimum absolute atomic E-state index is 0.206. The molecule has 4 N–H and O–H groups in total. The van der Waals surface area contributed by atoms with Crippen LogP contribution in [0.4, 0.5) is 0 Å². The van der Waals surface area contributed by atoms with Gasteiger partial charge in [-0.3, -0.25) is 18.6 Å². The van der Waals surface area contributed by atoms with E-state index in [2.05, 4.69) is 23.6 Å². The minimum atomic E-state index is -4.50. The van der Waals surface area contributed by atoms with Crippen LogP contribution in [0, 0.1) is 0 Å². The minimum Gasteiger partial charge on any atom is -0.480 e. The van der Waals surface area contributed by atoms with E-state index in [4.69, 9.17) is 20.1 Å². The summed E-state index contributed by atoms with van der Waals surface area (Å²) in [5.41, 5.74) is 5.20. The van der Waals surface area contributed by atoms with E-state index in [1.165, 1.54) is 51.9 Å². The Labute approximate surface area is 205 Å². The Balaban J connectivity index is 3.64. The van der Waals surface area contributed by atoms with Crippen LogP contribution < -0.4 is 5.73 Å². The van der Waals surface area contributed by atoms with Gasteiger partial charge in [0.25, 0.3) is 0 Å². The van der Waals surface area contributed by atoms with Gasteiger partial charge in [-0.05, 0) is 39.0 Å². The molecule has 0 fully saturated rings. The number of rotatable bonds is 23. The average Bonchev–Trinajstić information content (AvgIpc) is 2.78. The second-order valence-electron chi connectivity index (χ2n) is 8.64.